The third kappa shape index (κ3) is 5.94. The molecule has 0 radical (unpaired) electrons. The van der Waals surface area contributed by atoms with Crippen molar-refractivity contribution in [2.24, 2.45) is 5.73 Å². The number of ether oxygens (including phenoxy) is 2. The van der Waals surface area contributed by atoms with Crippen molar-refractivity contribution in [2.75, 3.05) is 18.9 Å². The van der Waals surface area contributed by atoms with Gasteiger partial charge < -0.3 is 25.5 Å². The van der Waals surface area contributed by atoms with Crippen LogP contribution in [0.2, 0.25) is 5.15 Å². The number of halogens is 1. The van der Waals surface area contributed by atoms with E-state index in [1.165, 1.54) is 13.3 Å². The molecule has 0 saturated carbocycles. The summed E-state index contributed by atoms with van der Waals surface area (Å²) in [6.07, 6.45) is 0.689. The maximum atomic E-state index is 13.6. The monoisotopic (exact) mass is 539 g/mol. The molecule has 13 nitrogen and oxygen atoms in total. The van der Waals surface area contributed by atoms with Crippen LogP contribution in [0.4, 0.5) is 5.95 Å². The molecule has 5 atom stereocenters. The molecule has 1 aromatic carbocycles. The van der Waals surface area contributed by atoms with Crippen LogP contribution in [0.1, 0.15) is 26.5 Å². The highest BCUT2D eigenvalue weighted by Gasteiger charge is 2.39. The van der Waals surface area contributed by atoms with Crippen LogP contribution in [0.15, 0.2) is 36.7 Å². The highest BCUT2D eigenvalue weighted by atomic mass is 35.5. The minimum absolute atomic E-state index is 0.00257. The summed E-state index contributed by atoms with van der Waals surface area (Å²) in [5, 5.41) is 2.74. The third-order valence-electron chi connectivity index (χ3n) is 5.36. The maximum Gasteiger partial charge on any atom is 0.459 e. The Morgan fingerprint density at radius 2 is 2.11 bits per heavy atom. The van der Waals surface area contributed by atoms with E-state index in [0.29, 0.717) is 17.6 Å². The van der Waals surface area contributed by atoms with Gasteiger partial charge in [-0.2, -0.15) is 15.1 Å². The van der Waals surface area contributed by atoms with Gasteiger partial charge in [-0.1, -0.05) is 29.8 Å². The van der Waals surface area contributed by atoms with Crippen LogP contribution in [-0.4, -0.2) is 56.9 Å². The fraction of sp³-hybridized carbons (Fsp3) is 0.429. The zero-order valence-corrected chi connectivity index (χ0v) is 21.3. The number of carbonyl (C=O) groups excluding carboxylic acids is 1. The SMILES string of the molecule is CCOC(=O)[C@H](C)NP(=O)(OC[C@H]1O[C@@H](n2cnc3c(Cl)nc(N)nc32)C[C@H]1N)Oc1ccccc1. The number of benzene rings is 1. The average Bonchev–Trinajstić information content (AvgIpc) is 3.41. The number of nitrogen functional groups attached to an aromatic ring is 1. The fourth-order valence-electron chi connectivity index (χ4n) is 3.63. The molecule has 0 amide bonds. The summed E-state index contributed by atoms with van der Waals surface area (Å²) in [7, 11) is -4.05. The summed E-state index contributed by atoms with van der Waals surface area (Å²) in [4.78, 5) is 24.4. The Kier molecular flexibility index (Phi) is 8.08. The number of esters is 1. The number of nitrogens with zero attached hydrogens (tertiary/aromatic N) is 4. The lowest BCUT2D eigenvalue weighted by Crippen LogP contribution is -2.37. The third-order valence-corrected chi connectivity index (χ3v) is 7.27. The smallest absolute Gasteiger partial charge is 0.459 e. The molecule has 3 aromatic rings. The van der Waals surface area contributed by atoms with E-state index >= 15 is 0 Å². The number of carbonyl (C=O) groups is 1. The Morgan fingerprint density at radius 1 is 1.36 bits per heavy atom. The van der Waals surface area contributed by atoms with E-state index in [1.54, 1.807) is 41.8 Å². The molecule has 1 saturated heterocycles. The highest BCUT2D eigenvalue weighted by Crippen LogP contribution is 2.46. The maximum absolute atomic E-state index is 13.6. The zero-order valence-electron chi connectivity index (χ0n) is 19.6. The van der Waals surface area contributed by atoms with Crippen LogP contribution in [0.3, 0.4) is 0 Å². The Labute approximate surface area is 212 Å². The van der Waals surface area contributed by atoms with Crippen molar-refractivity contribution in [3.63, 3.8) is 0 Å². The van der Waals surface area contributed by atoms with E-state index in [4.69, 9.17) is 41.6 Å². The van der Waals surface area contributed by atoms with Gasteiger partial charge in [0.25, 0.3) is 0 Å². The van der Waals surface area contributed by atoms with Crippen molar-refractivity contribution in [2.45, 2.75) is 44.7 Å². The number of nitrogens with one attached hydrogen (secondary N) is 1. The van der Waals surface area contributed by atoms with Crippen LogP contribution < -0.4 is 21.1 Å². The van der Waals surface area contributed by atoms with E-state index in [0.717, 1.165) is 0 Å². The molecule has 2 aromatic heterocycles. The molecule has 15 heteroatoms. The number of nitrogens with two attached hydrogens (primary N) is 2. The van der Waals surface area contributed by atoms with Crippen LogP contribution in [0.25, 0.3) is 11.2 Å². The first-order chi connectivity index (χ1) is 17.2. The molecule has 1 fully saturated rings. The predicted octanol–water partition coefficient (Wildman–Crippen LogP) is 2.42. The molecule has 0 spiro atoms. The Balaban J connectivity index is 1.48. The van der Waals surface area contributed by atoms with Crippen LogP contribution in [-0.2, 0) is 23.4 Å². The van der Waals surface area contributed by atoms with Gasteiger partial charge in [-0.25, -0.2) is 9.55 Å². The average molecular weight is 540 g/mol. The van der Waals surface area contributed by atoms with Gasteiger partial charge in [0, 0.05) is 12.5 Å². The van der Waals surface area contributed by atoms with Gasteiger partial charge in [0.1, 0.15) is 23.5 Å². The number of para-hydroxylation sites is 1. The lowest BCUT2D eigenvalue weighted by atomic mass is 10.1. The number of hydrogen-bond donors (Lipinski definition) is 3. The van der Waals surface area contributed by atoms with E-state index in [1.807, 2.05) is 0 Å². The number of imidazole rings is 1. The molecule has 1 aliphatic rings. The van der Waals surface area contributed by atoms with Gasteiger partial charge >= 0.3 is 13.7 Å². The number of hydrogen-bond acceptors (Lipinski definition) is 11. The first-order valence-electron chi connectivity index (χ1n) is 11.2. The largest absolute Gasteiger partial charge is 0.465 e. The minimum atomic E-state index is -4.05. The molecule has 1 aliphatic heterocycles. The lowest BCUT2D eigenvalue weighted by molar-refractivity contribution is -0.144. The molecule has 4 rings (SSSR count). The van der Waals surface area contributed by atoms with Gasteiger partial charge in [0.05, 0.1) is 25.6 Å². The molecule has 36 heavy (non-hydrogen) atoms. The van der Waals surface area contributed by atoms with Crippen LogP contribution >= 0.6 is 19.3 Å². The Morgan fingerprint density at radius 3 is 2.83 bits per heavy atom. The number of aromatic nitrogens is 4. The van der Waals surface area contributed by atoms with Crippen molar-refractivity contribution in [3.05, 3.63) is 41.8 Å². The second-order valence-corrected chi connectivity index (χ2v) is 10.1. The number of rotatable bonds is 10. The Hall–Kier alpha value is -2.80. The fourth-order valence-corrected chi connectivity index (χ4v) is 5.35. The summed E-state index contributed by atoms with van der Waals surface area (Å²) in [5.74, 6) is -0.311. The zero-order chi connectivity index (χ0) is 25.9. The minimum Gasteiger partial charge on any atom is -0.465 e. The molecule has 0 aliphatic carbocycles. The van der Waals surface area contributed by atoms with Crippen LogP contribution in [0, 0.1) is 0 Å². The Bertz CT molecular complexity index is 1260. The van der Waals surface area contributed by atoms with Crippen LogP contribution in [0.5, 0.6) is 5.75 Å². The molecular weight excluding hydrogens is 513 g/mol. The predicted molar refractivity (Wildman–Crippen MR) is 131 cm³/mol. The molecule has 194 valence electrons. The lowest BCUT2D eigenvalue weighted by Gasteiger charge is -2.24. The second kappa shape index (κ2) is 11.1. The van der Waals surface area contributed by atoms with Gasteiger partial charge in [-0.05, 0) is 26.0 Å². The standard InChI is InChI=1S/C21H27ClN7O6P/c1-3-32-20(30)12(2)28-36(31,35-13-7-5-4-6-8-13)33-10-15-14(23)9-16(34-15)29-11-25-17-18(22)26-21(24)27-19(17)29/h4-8,11-12,14-16H,3,9-10,23H2,1-2H3,(H,28,31)(H2,24,26,27)/t12-,14+,15+,16+,36?/m0/s1. The molecule has 5 N–H and O–H groups in total. The van der Waals surface area contributed by atoms with Crippen molar-refractivity contribution >= 4 is 42.4 Å². The summed E-state index contributed by atoms with van der Waals surface area (Å²) in [5.41, 5.74) is 12.8. The van der Waals surface area contributed by atoms with E-state index < -0.39 is 38.1 Å². The normalized spacial score (nSPS) is 22.3. The summed E-state index contributed by atoms with van der Waals surface area (Å²) in [6.45, 7) is 3.16. The first kappa shape index (κ1) is 26.3. The van der Waals surface area contributed by atoms with Crippen molar-refractivity contribution in [3.8, 4) is 5.75 Å². The molecule has 0 bridgehead atoms. The quantitative estimate of drug-likeness (QED) is 0.195. The number of anilines is 1. The summed E-state index contributed by atoms with van der Waals surface area (Å²) in [6, 6.07) is 7.00. The topological polar surface area (TPSA) is 179 Å². The second-order valence-electron chi connectivity index (χ2n) is 8.03. The van der Waals surface area contributed by atoms with Gasteiger partial charge in [-0.3, -0.25) is 13.9 Å². The van der Waals surface area contributed by atoms with E-state index in [2.05, 4.69) is 20.0 Å². The van der Waals surface area contributed by atoms with Crippen molar-refractivity contribution in [1.29, 1.82) is 0 Å². The van der Waals surface area contributed by atoms with E-state index in [9.17, 15) is 9.36 Å². The molecular formula is C21H27ClN7O6P. The first-order valence-corrected chi connectivity index (χ1v) is 13.1. The van der Waals surface area contributed by atoms with Gasteiger partial charge in [0.2, 0.25) is 5.95 Å². The van der Waals surface area contributed by atoms with E-state index in [-0.39, 0.29) is 30.1 Å². The van der Waals surface area contributed by atoms with Gasteiger partial charge in [-0.15, -0.1) is 0 Å². The summed E-state index contributed by atoms with van der Waals surface area (Å²) >= 11 is 6.11. The molecule has 3 heterocycles. The van der Waals surface area contributed by atoms with Crippen molar-refractivity contribution < 1.29 is 27.9 Å². The van der Waals surface area contributed by atoms with Gasteiger partial charge in [0.15, 0.2) is 10.8 Å². The summed E-state index contributed by atoms with van der Waals surface area (Å²) < 4.78 is 37.7. The van der Waals surface area contributed by atoms with Crippen molar-refractivity contribution in [1.82, 2.24) is 24.6 Å². The number of fused-ring (bicyclic) bond motifs is 1. The molecule has 1 unspecified atom stereocenters. The highest BCUT2D eigenvalue weighted by molar-refractivity contribution is 7.52.